The Labute approximate surface area is 189 Å². The third-order valence-corrected chi connectivity index (χ3v) is 4.79. The standard InChI is InChI=1S/C24H21N5O4/c1-3-33-21-12-10-19(11-13-21)28-23(17-7-4-6-16(2)14-17)26-22(27-28)24(30)25-18-8-5-9-20(15-18)29(31)32/h4-15H,3H2,1-2H3,(H,25,30). The number of hydrogen-bond acceptors (Lipinski definition) is 6. The molecule has 0 unspecified atom stereocenters. The Balaban J connectivity index is 1.72. The van der Waals surface area contributed by atoms with E-state index in [1.807, 2.05) is 62.4 Å². The number of nitro groups is 1. The maximum absolute atomic E-state index is 12.9. The summed E-state index contributed by atoms with van der Waals surface area (Å²) in [7, 11) is 0. The summed E-state index contributed by atoms with van der Waals surface area (Å²) < 4.78 is 7.10. The van der Waals surface area contributed by atoms with Gasteiger partial charge in [0.05, 0.1) is 17.2 Å². The van der Waals surface area contributed by atoms with Crippen LogP contribution >= 0.6 is 0 Å². The van der Waals surface area contributed by atoms with E-state index in [0.717, 1.165) is 16.9 Å². The minimum atomic E-state index is -0.575. The van der Waals surface area contributed by atoms with Crippen molar-refractivity contribution < 1.29 is 14.5 Å². The van der Waals surface area contributed by atoms with E-state index in [1.54, 1.807) is 10.7 Å². The molecule has 9 heteroatoms. The van der Waals surface area contributed by atoms with Crippen LogP contribution in [0.1, 0.15) is 23.1 Å². The van der Waals surface area contributed by atoms with Crippen molar-refractivity contribution in [2.24, 2.45) is 0 Å². The van der Waals surface area contributed by atoms with Crippen molar-refractivity contribution in [3.63, 3.8) is 0 Å². The summed E-state index contributed by atoms with van der Waals surface area (Å²) in [6, 6.07) is 20.7. The lowest BCUT2D eigenvalue weighted by atomic mass is 10.1. The molecule has 4 aromatic rings. The number of rotatable bonds is 7. The maximum atomic E-state index is 12.9. The van der Waals surface area contributed by atoms with Crippen molar-refractivity contribution in [3.05, 3.63) is 94.3 Å². The van der Waals surface area contributed by atoms with Gasteiger partial charge in [-0.3, -0.25) is 14.9 Å². The maximum Gasteiger partial charge on any atom is 0.295 e. The van der Waals surface area contributed by atoms with E-state index < -0.39 is 10.8 Å². The number of ether oxygens (including phenoxy) is 1. The van der Waals surface area contributed by atoms with Gasteiger partial charge >= 0.3 is 0 Å². The Morgan fingerprint density at radius 1 is 1.09 bits per heavy atom. The zero-order valence-corrected chi connectivity index (χ0v) is 18.1. The van der Waals surface area contributed by atoms with Crippen molar-refractivity contribution in [2.75, 3.05) is 11.9 Å². The molecule has 0 aliphatic rings. The Bertz CT molecular complexity index is 1310. The second kappa shape index (κ2) is 9.31. The highest BCUT2D eigenvalue weighted by Crippen LogP contribution is 2.24. The average molecular weight is 443 g/mol. The summed E-state index contributed by atoms with van der Waals surface area (Å²) in [5, 5.41) is 18.1. The number of carbonyl (C=O) groups is 1. The quantitative estimate of drug-likeness (QED) is 0.324. The highest BCUT2D eigenvalue weighted by atomic mass is 16.6. The van der Waals surface area contributed by atoms with Crippen LogP contribution in [0, 0.1) is 17.0 Å². The molecular weight excluding hydrogens is 422 g/mol. The summed E-state index contributed by atoms with van der Waals surface area (Å²) in [6.07, 6.45) is 0. The number of non-ortho nitro benzene ring substituents is 1. The van der Waals surface area contributed by atoms with Crippen molar-refractivity contribution in [1.29, 1.82) is 0 Å². The van der Waals surface area contributed by atoms with Crippen LogP contribution in [0.4, 0.5) is 11.4 Å². The Kier molecular flexibility index (Phi) is 6.12. The lowest BCUT2D eigenvalue weighted by Gasteiger charge is -2.08. The minimum Gasteiger partial charge on any atom is -0.494 e. The molecule has 1 amide bonds. The van der Waals surface area contributed by atoms with E-state index in [9.17, 15) is 14.9 Å². The number of hydrogen-bond donors (Lipinski definition) is 1. The molecule has 3 aromatic carbocycles. The molecule has 9 nitrogen and oxygen atoms in total. The summed E-state index contributed by atoms with van der Waals surface area (Å²) in [5.74, 6) is 0.579. The smallest absolute Gasteiger partial charge is 0.295 e. The first-order valence-electron chi connectivity index (χ1n) is 10.3. The topological polar surface area (TPSA) is 112 Å². The molecule has 0 radical (unpaired) electrons. The van der Waals surface area contributed by atoms with Gasteiger partial charge in [-0.1, -0.05) is 29.8 Å². The molecule has 166 valence electrons. The second-order valence-corrected chi connectivity index (χ2v) is 7.23. The first-order chi connectivity index (χ1) is 15.9. The predicted octanol–water partition coefficient (Wildman–Crippen LogP) is 4.80. The van der Waals surface area contributed by atoms with E-state index in [0.29, 0.717) is 18.1 Å². The summed E-state index contributed by atoms with van der Waals surface area (Å²) in [6.45, 7) is 4.43. The zero-order chi connectivity index (χ0) is 23.4. The molecular formula is C24H21N5O4. The lowest BCUT2D eigenvalue weighted by molar-refractivity contribution is -0.384. The number of aromatic nitrogens is 3. The van der Waals surface area contributed by atoms with Crippen molar-refractivity contribution in [1.82, 2.24) is 14.8 Å². The van der Waals surface area contributed by atoms with Gasteiger partial charge in [0.15, 0.2) is 5.82 Å². The minimum absolute atomic E-state index is 0.0631. The molecule has 0 spiro atoms. The van der Waals surface area contributed by atoms with Crippen LogP contribution in [0.15, 0.2) is 72.8 Å². The number of nitrogens with one attached hydrogen (secondary N) is 1. The monoisotopic (exact) mass is 443 g/mol. The van der Waals surface area contributed by atoms with Gasteiger partial charge in [-0.25, -0.2) is 9.67 Å². The highest BCUT2D eigenvalue weighted by Gasteiger charge is 2.20. The average Bonchev–Trinajstić information content (AvgIpc) is 3.26. The molecule has 33 heavy (non-hydrogen) atoms. The second-order valence-electron chi connectivity index (χ2n) is 7.23. The van der Waals surface area contributed by atoms with Crippen molar-refractivity contribution >= 4 is 17.3 Å². The fourth-order valence-electron chi connectivity index (χ4n) is 3.29. The number of nitro benzene ring substituents is 1. The van der Waals surface area contributed by atoms with Crippen LogP contribution < -0.4 is 10.1 Å². The summed E-state index contributed by atoms with van der Waals surface area (Å²) >= 11 is 0. The molecule has 0 saturated heterocycles. The lowest BCUT2D eigenvalue weighted by Crippen LogP contribution is -2.14. The number of carbonyl (C=O) groups excluding carboxylic acids is 1. The number of aryl methyl sites for hydroxylation is 1. The molecule has 0 aliphatic carbocycles. The third-order valence-electron chi connectivity index (χ3n) is 4.79. The van der Waals surface area contributed by atoms with Crippen LogP contribution in [0.2, 0.25) is 0 Å². The summed E-state index contributed by atoms with van der Waals surface area (Å²) in [5.41, 5.74) is 2.70. The summed E-state index contributed by atoms with van der Waals surface area (Å²) in [4.78, 5) is 27.9. The fraction of sp³-hybridized carbons (Fsp3) is 0.125. The van der Waals surface area contributed by atoms with Gasteiger partial charge in [-0.05, 0) is 50.2 Å². The van der Waals surface area contributed by atoms with E-state index in [1.165, 1.54) is 18.2 Å². The van der Waals surface area contributed by atoms with Gasteiger partial charge in [0, 0.05) is 23.4 Å². The first kappa shape index (κ1) is 21.7. The third kappa shape index (κ3) is 4.87. The highest BCUT2D eigenvalue weighted by molar-refractivity contribution is 6.02. The van der Waals surface area contributed by atoms with Crippen molar-refractivity contribution in [3.8, 4) is 22.8 Å². The molecule has 0 fully saturated rings. The largest absolute Gasteiger partial charge is 0.494 e. The van der Waals surface area contributed by atoms with Crippen LogP contribution in [-0.2, 0) is 0 Å². The van der Waals surface area contributed by atoms with Crippen LogP contribution in [0.3, 0.4) is 0 Å². The van der Waals surface area contributed by atoms with Gasteiger partial charge in [0.2, 0.25) is 5.82 Å². The Hall–Kier alpha value is -4.53. The SMILES string of the molecule is CCOc1ccc(-n2nc(C(=O)Nc3cccc([N+](=O)[O-])c3)nc2-c2cccc(C)c2)cc1. The normalized spacial score (nSPS) is 10.6. The Morgan fingerprint density at radius 2 is 1.85 bits per heavy atom. The van der Waals surface area contributed by atoms with Crippen LogP contribution in [0.5, 0.6) is 5.75 Å². The molecule has 1 heterocycles. The van der Waals surface area contributed by atoms with Gasteiger partial charge in [-0.15, -0.1) is 5.10 Å². The van der Waals surface area contributed by atoms with Gasteiger partial charge < -0.3 is 10.1 Å². The van der Waals surface area contributed by atoms with Crippen LogP contribution in [-0.4, -0.2) is 32.2 Å². The molecule has 0 atom stereocenters. The van der Waals surface area contributed by atoms with E-state index >= 15 is 0 Å². The van der Waals surface area contributed by atoms with Gasteiger partial charge in [-0.2, -0.15) is 0 Å². The molecule has 1 N–H and O–H groups in total. The molecule has 0 saturated carbocycles. The molecule has 4 rings (SSSR count). The first-order valence-corrected chi connectivity index (χ1v) is 10.3. The Morgan fingerprint density at radius 3 is 2.55 bits per heavy atom. The number of amides is 1. The molecule has 1 aromatic heterocycles. The molecule has 0 bridgehead atoms. The predicted molar refractivity (Wildman–Crippen MR) is 124 cm³/mol. The zero-order valence-electron chi connectivity index (χ0n) is 18.1. The fourth-order valence-corrected chi connectivity index (χ4v) is 3.29. The molecule has 0 aliphatic heterocycles. The van der Waals surface area contributed by atoms with E-state index in [-0.39, 0.29) is 17.2 Å². The number of nitrogens with zero attached hydrogens (tertiary/aromatic N) is 4. The number of anilines is 1. The van der Waals surface area contributed by atoms with E-state index in [2.05, 4.69) is 15.4 Å². The van der Waals surface area contributed by atoms with Crippen LogP contribution in [0.25, 0.3) is 17.1 Å². The number of benzene rings is 3. The van der Waals surface area contributed by atoms with Gasteiger partial charge in [0.25, 0.3) is 11.6 Å². The van der Waals surface area contributed by atoms with E-state index in [4.69, 9.17) is 4.74 Å². The van der Waals surface area contributed by atoms with Gasteiger partial charge in [0.1, 0.15) is 5.75 Å². The van der Waals surface area contributed by atoms with Crippen molar-refractivity contribution in [2.45, 2.75) is 13.8 Å².